The van der Waals surface area contributed by atoms with Gasteiger partial charge in [0.2, 0.25) is 10.0 Å². The Morgan fingerprint density at radius 2 is 1.88 bits per heavy atom. The molecule has 0 heterocycles. The van der Waals surface area contributed by atoms with Crippen LogP contribution < -0.4 is 10.0 Å². The van der Waals surface area contributed by atoms with Crippen molar-refractivity contribution >= 4 is 10.0 Å². The fraction of sp³-hybridized carbons (Fsp3) is 1.00. The molecule has 1 aliphatic carbocycles. The zero-order valence-corrected chi connectivity index (χ0v) is 10.6. The van der Waals surface area contributed by atoms with Gasteiger partial charge in [0.15, 0.2) is 0 Å². The zero-order chi connectivity index (χ0) is 12.0. The number of aliphatic hydroxyl groups excluding tert-OH is 1. The number of aliphatic hydroxyl groups is 1. The molecule has 0 bridgehead atoms. The smallest absolute Gasteiger partial charge is 0.212 e. The molecule has 6 heteroatoms. The van der Waals surface area contributed by atoms with Crippen LogP contribution in [0.2, 0.25) is 0 Å². The van der Waals surface area contributed by atoms with E-state index in [4.69, 9.17) is 0 Å². The molecule has 1 aliphatic rings. The van der Waals surface area contributed by atoms with Gasteiger partial charge in [0.1, 0.15) is 0 Å². The highest BCUT2D eigenvalue weighted by molar-refractivity contribution is 7.89. The third-order valence-corrected chi connectivity index (χ3v) is 4.33. The fourth-order valence-electron chi connectivity index (χ4n) is 1.97. The molecule has 1 saturated carbocycles. The lowest BCUT2D eigenvalue weighted by Gasteiger charge is -2.26. The Labute approximate surface area is 97.7 Å². The van der Waals surface area contributed by atoms with Crippen molar-refractivity contribution in [1.29, 1.82) is 0 Å². The van der Waals surface area contributed by atoms with Gasteiger partial charge in [0.05, 0.1) is 11.9 Å². The minimum atomic E-state index is -3.11. The summed E-state index contributed by atoms with van der Waals surface area (Å²) in [4.78, 5) is 0. The van der Waals surface area contributed by atoms with Crippen LogP contribution in [0.1, 0.15) is 32.6 Å². The van der Waals surface area contributed by atoms with Crippen molar-refractivity contribution in [3.05, 3.63) is 0 Å². The quantitative estimate of drug-likeness (QED) is 0.611. The highest BCUT2D eigenvalue weighted by Gasteiger charge is 2.19. The first-order chi connectivity index (χ1) is 7.53. The molecule has 0 radical (unpaired) electrons. The summed E-state index contributed by atoms with van der Waals surface area (Å²) in [6.45, 7) is 2.70. The van der Waals surface area contributed by atoms with Crippen LogP contribution in [0.25, 0.3) is 0 Å². The van der Waals surface area contributed by atoms with E-state index in [9.17, 15) is 13.5 Å². The Kier molecular flexibility index (Phi) is 5.68. The van der Waals surface area contributed by atoms with Crippen LogP contribution in [-0.4, -0.2) is 44.5 Å². The van der Waals surface area contributed by atoms with Crippen LogP contribution in [0.4, 0.5) is 0 Å². The summed E-state index contributed by atoms with van der Waals surface area (Å²) in [5.74, 6) is 0.125. The number of hydrogen-bond acceptors (Lipinski definition) is 4. The van der Waals surface area contributed by atoms with E-state index in [0.29, 0.717) is 19.1 Å². The van der Waals surface area contributed by atoms with Crippen molar-refractivity contribution in [2.45, 2.75) is 44.8 Å². The molecule has 0 unspecified atom stereocenters. The minimum absolute atomic E-state index is 0.125. The van der Waals surface area contributed by atoms with Crippen LogP contribution in [0, 0.1) is 0 Å². The number of rotatable bonds is 6. The van der Waals surface area contributed by atoms with Gasteiger partial charge in [0, 0.05) is 19.1 Å². The Balaban J connectivity index is 2.16. The summed E-state index contributed by atoms with van der Waals surface area (Å²) in [7, 11) is -3.11. The van der Waals surface area contributed by atoms with Crippen LogP contribution >= 0.6 is 0 Å². The Morgan fingerprint density at radius 3 is 2.44 bits per heavy atom. The largest absolute Gasteiger partial charge is 0.393 e. The Hall–Kier alpha value is -0.170. The van der Waals surface area contributed by atoms with Gasteiger partial charge in [-0.2, -0.15) is 0 Å². The van der Waals surface area contributed by atoms with Crippen molar-refractivity contribution < 1.29 is 13.5 Å². The summed E-state index contributed by atoms with van der Waals surface area (Å²) in [6, 6.07) is 0.361. The van der Waals surface area contributed by atoms with Crippen molar-refractivity contribution in [3.8, 4) is 0 Å². The van der Waals surface area contributed by atoms with Crippen LogP contribution in [0.5, 0.6) is 0 Å². The number of hydrogen-bond donors (Lipinski definition) is 3. The van der Waals surface area contributed by atoms with E-state index in [-0.39, 0.29) is 11.9 Å². The van der Waals surface area contributed by atoms with Crippen molar-refractivity contribution in [3.63, 3.8) is 0 Å². The molecule has 0 saturated heterocycles. The average molecular weight is 250 g/mol. The molecular weight excluding hydrogens is 228 g/mol. The molecule has 1 rings (SSSR count). The van der Waals surface area contributed by atoms with Gasteiger partial charge in [-0.05, 0) is 25.7 Å². The van der Waals surface area contributed by atoms with E-state index < -0.39 is 10.0 Å². The van der Waals surface area contributed by atoms with Gasteiger partial charge in [-0.3, -0.25) is 0 Å². The predicted molar refractivity (Wildman–Crippen MR) is 63.7 cm³/mol. The molecule has 5 nitrogen and oxygen atoms in total. The zero-order valence-electron chi connectivity index (χ0n) is 9.78. The SMILES string of the molecule is CCNS(=O)(=O)CCNC1CCC(O)CC1. The predicted octanol–water partition coefficient (Wildman–Crippen LogP) is -0.181. The highest BCUT2D eigenvalue weighted by atomic mass is 32.2. The molecule has 1 fully saturated rings. The lowest BCUT2D eigenvalue weighted by atomic mass is 9.93. The standard InChI is InChI=1S/C10H22N2O3S/c1-2-12-16(14,15)8-7-11-9-3-5-10(13)6-4-9/h9-13H,2-8H2,1H3. The van der Waals surface area contributed by atoms with Crippen molar-refractivity contribution in [2.24, 2.45) is 0 Å². The maximum Gasteiger partial charge on any atom is 0.212 e. The molecular formula is C10H22N2O3S. The lowest BCUT2D eigenvalue weighted by molar-refractivity contribution is 0.117. The van der Waals surface area contributed by atoms with Gasteiger partial charge in [-0.1, -0.05) is 6.92 Å². The monoisotopic (exact) mass is 250 g/mol. The Bertz CT molecular complexity index is 284. The first-order valence-corrected chi connectivity index (χ1v) is 7.57. The molecule has 0 aromatic carbocycles. The van der Waals surface area contributed by atoms with Gasteiger partial charge < -0.3 is 10.4 Å². The summed E-state index contributed by atoms with van der Waals surface area (Å²) in [5.41, 5.74) is 0. The van der Waals surface area contributed by atoms with E-state index in [1.165, 1.54) is 0 Å². The van der Waals surface area contributed by atoms with Gasteiger partial charge in [-0.15, -0.1) is 0 Å². The number of nitrogens with one attached hydrogen (secondary N) is 2. The highest BCUT2D eigenvalue weighted by Crippen LogP contribution is 2.17. The second kappa shape index (κ2) is 6.54. The molecule has 0 aromatic rings. The second-order valence-corrected chi connectivity index (χ2v) is 6.20. The molecule has 0 aromatic heterocycles. The topological polar surface area (TPSA) is 78.4 Å². The molecule has 0 atom stereocenters. The van der Waals surface area contributed by atoms with Gasteiger partial charge >= 0.3 is 0 Å². The minimum Gasteiger partial charge on any atom is -0.393 e. The number of sulfonamides is 1. The second-order valence-electron chi connectivity index (χ2n) is 4.28. The first kappa shape index (κ1) is 13.9. The molecule has 0 spiro atoms. The van der Waals surface area contributed by atoms with Crippen molar-refractivity contribution in [1.82, 2.24) is 10.0 Å². The van der Waals surface area contributed by atoms with E-state index in [0.717, 1.165) is 25.7 Å². The first-order valence-electron chi connectivity index (χ1n) is 5.92. The summed E-state index contributed by atoms with van der Waals surface area (Å²) in [5, 5.41) is 12.5. The van der Waals surface area contributed by atoms with Crippen LogP contribution in [0.3, 0.4) is 0 Å². The third-order valence-electron chi connectivity index (χ3n) is 2.86. The normalized spacial score (nSPS) is 26.9. The Morgan fingerprint density at radius 1 is 1.25 bits per heavy atom. The van der Waals surface area contributed by atoms with Crippen LogP contribution in [-0.2, 0) is 10.0 Å². The van der Waals surface area contributed by atoms with E-state index >= 15 is 0 Å². The summed E-state index contributed by atoms with van der Waals surface area (Å²) < 4.78 is 25.1. The van der Waals surface area contributed by atoms with Gasteiger partial charge in [0.25, 0.3) is 0 Å². The molecule has 0 amide bonds. The van der Waals surface area contributed by atoms with Crippen molar-refractivity contribution in [2.75, 3.05) is 18.8 Å². The molecule has 0 aliphatic heterocycles. The van der Waals surface area contributed by atoms with Gasteiger partial charge in [-0.25, -0.2) is 13.1 Å². The van der Waals surface area contributed by atoms with Crippen LogP contribution in [0.15, 0.2) is 0 Å². The van der Waals surface area contributed by atoms with E-state index in [2.05, 4.69) is 10.0 Å². The molecule has 96 valence electrons. The maximum absolute atomic E-state index is 11.3. The average Bonchev–Trinajstić information content (AvgIpc) is 2.20. The third kappa shape index (κ3) is 5.25. The van der Waals surface area contributed by atoms with E-state index in [1.54, 1.807) is 6.92 Å². The summed E-state index contributed by atoms with van der Waals surface area (Å²) in [6.07, 6.45) is 3.34. The fourth-order valence-corrected chi connectivity index (χ4v) is 2.94. The van der Waals surface area contributed by atoms with E-state index in [1.807, 2.05) is 0 Å². The molecule has 16 heavy (non-hydrogen) atoms. The maximum atomic E-state index is 11.3. The summed E-state index contributed by atoms with van der Waals surface area (Å²) >= 11 is 0. The molecule has 3 N–H and O–H groups in total. The lowest BCUT2D eigenvalue weighted by Crippen LogP contribution is -2.39.